The maximum absolute atomic E-state index is 12.0. The SMILES string of the molecule is O=C(O)[C@H](Cc1ccccc1)NC(=O)[C@H]1NCCC1O. The zero-order chi connectivity index (χ0) is 14.5. The topological polar surface area (TPSA) is 98.7 Å². The summed E-state index contributed by atoms with van der Waals surface area (Å²) in [5.74, 6) is -1.56. The van der Waals surface area contributed by atoms with Gasteiger partial charge in [-0.2, -0.15) is 0 Å². The Balaban J connectivity index is 1.99. The first-order valence-corrected chi connectivity index (χ1v) is 6.56. The molecule has 108 valence electrons. The predicted molar refractivity (Wildman–Crippen MR) is 72.1 cm³/mol. The Morgan fingerprint density at radius 2 is 2.05 bits per heavy atom. The van der Waals surface area contributed by atoms with Gasteiger partial charge >= 0.3 is 5.97 Å². The van der Waals surface area contributed by atoms with E-state index in [2.05, 4.69) is 10.6 Å². The van der Waals surface area contributed by atoms with E-state index >= 15 is 0 Å². The quantitative estimate of drug-likeness (QED) is 0.583. The Bertz CT molecular complexity index is 477. The minimum Gasteiger partial charge on any atom is -0.480 e. The summed E-state index contributed by atoms with van der Waals surface area (Å²) in [6, 6.07) is 7.37. The normalized spacial score (nSPS) is 23.2. The zero-order valence-corrected chi connectivity index (χ0v) is 11.0. The van der Waals surface area contributed by atoms with Gasteiger partial charge in [0.15, 0.2) is 0 Å². The average Bonchev–Trinajstić information content (AvgIpc) is 2.85. The molecule has 1 saturated heterocycles. The summed E-state index contributed by atoms with van der Waals surface area (Å²) >= 11 is 0. The van der Waals surface area contributed by atoms with E-state index in [0.29, 0.717) is 13.0 Å². The third kappa shape index (κ3) is 3.55. The summed E-state index contributed by atoms with van der Waals surface area (Å²) in [4.78, 5) is 23.2. The molecule has 3 atom stereocenters. The fourth-order valence-electron chi connectivity index (χ4n) is 2.27. The van der Waals surface area contributed by atoms with Crippen LogP contribution in [0.3, 0.4) is 0 Å². The number of nitrogens with one attached hydrogen (secondary N) is 2. The van der Waals surface area contributed by atoms with Gasteiger partial charge < -0.3 is 20.8 Å². The van der Waals surface area contributed by atoms with Crippen molar-refractivity contribution in [3.05, 3.63) is 35.9 Å². The first-order valence-electron chi connectivity index (χ1n) is 6.56. The molecular weight excluding hydrogens is 260 g/mol. The van der Waals surface area contributed by atoms with Gasteiger partial charge in [-0.25, -0.2) is 4.79 Å². The molecule has 6 heteroatoms. The third-order valence-electron chi connectivity index (χ3n) is 3.37. The van der Waals surface area contributed by atoms with Crippen molar-refractivity contribution in [3.63, 3.8) is 0 Å². The van der Waals surface area contributed by atoms with Gasteiger partial charge in [0, 0.05) is 6.42 Å². The molecule has 0 bridgehead atoms. The lowest BCUT2D eigenvalue weighted by atomic mass is 10.1. The monoisotopic (exact) mass is 278 g/mol. The van der Waals surface area contributed by atoms with Gasteiger partial charge in [0.25, 0.3) is 0 Å². The van der Waals surface area contributed by atoms with E-state index in [4.69, 9.17) is 0 Å². The van der Waals surface area contributed by atoms with E-state index in [1.54, 1.807) is 0 Å². The lowest BCUT2D eigenvalue weighted by molar-refractivity contribution is -0.142. The number of aliphatic hydroxyl groups excluding tert-OH is 1. The molecule has 1 unspecified atom stereocenters. The summed E-state index contributed by atoms with van der Waals surface area (Å²) < 4.78 is 0. The van der Waals surface area contributed by atoms with Crippen LogP contribution in [0, 0.1) is 0 Å². The average molecular weight is 278 g/mol. The van der Waals surface area contributed by atoms with Crippen molar-refractivity contribution in [2.45, 2.75) is 31.0 Å². The first kappa shape index (κ1) is 14.5. The predicted octanol–water partition coefficient (Wildman–Crippen LogP) is -0.479. The molecule has 1 amide bonds. The second-order valence-corrected chi connectivity index (χ2v) is 4.88. The summed E-state index contributed by atoms with van der Waals surface area (Å²) in [6.45, 7) is 0.551. The summed E-state index contributed by atoms with van der Waals surface area (Å²) in [5, 5.41) is 24.2. The van der Waals surface area contributed by atoms with Crippen molar-refractivity contribution in [2.24, 2.45) is 0 Å². The molecule has 1 aromatic carbocycles. The Morgan fingerprint density at radius 1 is 1.35 bits per heavy atom. The Morgan fingerprint density at radius 3 is 2.60 bits per heavy atom. The van der Waals surface area contributed by atoms with Gasteiger partial charge in [-0.1, -0.05) is 30.3 Å². The largest absolute Gasteiger partial charge is 0.480 e. The van der Waals surface area contributed by atoms with Crippen molar-refractivity contribution in [2.75, 3.05) is 6.54 Å². The van der Waals surface area contributed by atoms with Crippen LogP contribution in [0.5, 0.6) is 0 Å². The highest BCUT2D eigenvalue weighted by Crippen LogP contribution is 2.08. The molecule has 0 radical (unpaired) electrons. The van der Waals surface area contributed by atoms with Crippen LogP contribution in [-0.2, 0) is 16.0 Å². The van der Waals surface area contributed by atoms with Crippen LogP contribution >= 0.6 is 0 Å². The first-order chi connectivity index (χ1) is 9.58. The number of rotatable bonds is 5. The Labute approximate surface area is 116 Å². The standard InChI is InChI=1S/C14H18N2O4/c17-11-6-7-15-12(11)13(18)16-10(14(19)20)8-9-4-2-1-3-5-9/h1-5,10-12,15,17H,6-8H2,(H,16,18)(H,19,20)/t10-,11?,12-/m0/s1. The van der Waals surface area contributed by atoms with Crippen molar-refractivity contribution in [1.82, 2.24) is 10.6 Å². The lowest BCUT2D eigenvalue weighted by Gasteiger charge is -2.19. The number of carbonyl (C=O) groups is 2. The van der Waals surface area contributed by atoms with E-state index in [9.17, 15) is 19.8 Å². The smallest absolute Gasteiger partial charge is 0.326 e. The molecule has 0 spiro atoms. The van der Waals surface area contributed by atoms with Gasteiger partial charge in [-0.05, 0) is 18.5 Å². The molecule has 4 N–H and O–H groups in total. The minimum absolute atomic E-state index is 0.213. The summed E-state index contributed by atoms with van der Waals surface area (Å²) in [5.41, 5.74) is 0.833. The molecule has 1 heterocycles. The maximum atomic E-state index is 12.0. The van der Waals surface area contributed by atoms with Crippen LogP contribution < -0.4 is 10.6 Å². The van der Waals surface area contributed by atoms with Crippen LogP contribution in [0.25, 0.3) is 0 Å². The van der Waals surface area contributed by atoms with Gasteiger partial charge in [-0.15, -0.1) is 0 Å². The highest BCUT2D eigenvalue weighted by atomic mass is 16.4. The third-order valence-corrected chi connectivity index (χ3v) is 3.37. The molecule has 1 aromatic rings. The highest BCUT2D eigenvalue weighted by molar-refractivity contribution is 5.87. The molecule has 0 aromatic heterocycles. The van der Waals surface area contributed by atoms with Crippen LogP contribution in [-0.4, -0.2) is 46.8 Å². The molecule has 0 saturated carbocycles. The summed E-state index contributed by atoms with van der Waals surface area (Å²) in [6.07, 6.45) is -0.0552. The van der Waals surface area contributed by atoms with E-state index in [0.717, 1.165) is 5.56 Å². The minimum atomic E-state index is -1.09. The van der Waals surface area contributed by atoms with Crippen LogP contribution in [0.4, 0.5) is 0 Å². The Hall–Kier alpha value is -1.92. The number of carboxylic acid groups (broad SMARTS) is 1. The molecule has 2 rings (SSSR count). The molecule has 1 aliphatic heterocycles. The molecular formula is C14H18N2O4. The van der Waals surface area contributed by atoms with Crippen molar-refractivity contribution >= 4 is 11.9 Å². The molecule has 1 fully saturated rings. The van der Waals surface area contributed by atoms with Crippen LogP contribution in [0.1, 0.15) is 12.0 Å². The van der Waals surface area contributed by atoms with E-state index in [1.807, 2.05) is 30.3 Å². The van der Waals surface area contributed by atoms with E-state index in [-0.39, 0.29) is 6.42 Å². The summed E-state index contributed by atoms with van der Waals surface area (Å²) in [7, 11) is 0. The molecule has 6 nitrogen and oxygen atoms in total. The number of carboxylic acids is 1. The van der Waals surface area contributed by atoms with Crippen molar-refractivity contribution in [1.29, 1.82) is 0 Å². The van der Waals surface area contributed by atoms with Gasteiger partial charge in [-0.3, -0.25) is 4.79 Å². The number of hydrogen-bond donors (Lipinski definition) is 4. The highest BCUT2D eigenvalue weighted by Gasteiger charge is 2.33. The fourth-order valence-corrected chi connectivity index (χ4v) is 2.27. The van der Waals surface area contributed by atoms with Gasteiger partial charge in [0.1, 0.15) is 12.1 Å². The van der Waals surface area contributed by atoms with Crippen molar-refractivity contribution < 1.29 is 19.8 Å². The molecule has 0 aliphatic carbocycles. The van der Waals surface area contributed by atoms with E-state index < -0.39 is 30.1 Å². The number of carbonyl (C=O) groups excluding carboxylic acids is 1. The number of benzene rings is 1. The second kappa shape index (κ2) is 6.49. The lowest BCUT2D eigenvalue weighted by Crippen LogP contribution is -2.52. The number of aliphatic hydroxyl groups is 1. The molecule has 20 heavy (non-hydrogen) atoms. The molecule has 1 aliphatic rings. The van der Waals surface area contributed by atoms with E-state index in [1.165, 1.54) is 0 Å². The van der Waals surface area contributed by atoms with Crippen molar-refractivity contribution in [3.8, 4) is 0 Å². The van der Waals surface area contributed by atoms with Gasteiger partial charge in [0.2, 0.25) is 5.91 Å². The zero-order valence-electron chi connectivity index (χ0n) is 11.0. The fraction of sp³-hybridized carbons (Fsp3) is 0.429. The maximum Gasteiger partial charge on any atom is 0.326 e. The number of hydrogen-bond acceptors (Lipinski definition) is 4. The van der Waals surface area contributed by atoms with Crippen LogP contribution in [0.15, 0.2) is 30.3 Å². The number of amides is 1. The van der Waals surface area contributed by atoms with Crippen LogP contribution in [0.2, 0.25) is 0 Å². The second-order valence-electron chi connectivity index (χ2n) is 4.88. The Kier molecular flexibility index (Phi) is 4.70. The van der Waals surface area contributed by atoms with Gasteiger partial charge in [0.05, 0.1) is 6.10 Å². The number of aliphatic carboxylic acids is 1.